The van der Waals surface area contributed by atoms with E-state index in [1.807, 2.05) is 39.9 Å². The van der Waals surface area contributed by atoms with Gasteiger partial charge in [0.05, 0.1) is 29.7 Å². The lowest BCUT2D eigenvalue weighted by molar-refractivity contribution is 0.0123. The maximum atomic E-state index is 13.0. The average Bonchev–Trinajstić information content (AvgIpc) is 3.17. The predicted molar refractivity (Wildman–Crippen MR) is 111 cm³/mol. The van der Waals surface area contributed by atoms with Gasteiger partial charge in [-0.2, -0.15) is 5.26 Å². The van der Waals surface area contributed by atoms with Gasteiger partial charge in [0.25, 0.3) is 5.91 Å². The molecule has 1 saturated carbocycles. The van der Waals surface area contributed by atoms with E-state index in [-0.39, 0.29) is 17.6 Å². The van der Waals surface area contributed by atoms with E-state index in [4.69, 9.17) is 10.1 Å². The van der Waals surface area contributed by atoms with Crippen molar-refractivity contribution < 1.29 is 9.63 Å². The number of nitrogens with zero attached hydrogens (tertiary/aromatic N) is 5. The molecule has 0 radical (unpaired) electrons. The number of nitriles is 1. The molecule has 0 bridgehead atoms. The number of benzene rings is 1. The molecule has 2 aliphatic heterocycles. The van der Waals surface area contributed by atoms with Crippen molar-refractivity contribution in [3.05, 3.63) is 53.6 Å². The van der Waals surface area contributed by atoms with Crippen molar-refractivity contribution in [3.63, 3.8) is 0 Å². The number of oxime groups is 1. The van der Waals surface area contributed by atoms with Crippen molar-refractivity contribution in [3.8, 4) is 6.07 Å². The number of amides is 1. The Bertz CT molecular complexity index is 1050. The van der Waals surface area contributed by atoms with Crippen LogP contribution in [-0.2, 0) is 4.84 Å². The molecule has 0 N–H and O–H groups in total. The lowest BCUT2D eigenvalue weighted by atomic mass is 9.98. The Labute approximate surface area is 175 Å². The van der Waals surface area contributed by atoms with Gasteiger partial charge >= 0.3 is 0 Å². The van der Waals surface area contributed by atoms with Gasteiger partial charge in [-0.3, -0.25) is 4.79 Å². The molecule has 5 rings (SSSR count). The summed E-state index contributed by atoms with van der Waals surface area (Å²) in [6.07, 6.45) is 4.42. The number of likely N-dealkylation sites (tertiary alicyclic amines) is 1. The topological polar surface area (TPSA) is 83.5 Å². The molecule has 1 aliphatic carbocycles. The van der Waals surface area contributed by atoms with Gasteiger partial charge in [0.1, 0.15) is 11.3 Å². The lowest BCUT2D eigenvalue weighted by Gasteiger charge is -2.19. The third-order valence-electron chi connectivity index (χ3n) is 6.67. The fraction of sp³-hybridized carbons (Fsp3) is 0.478. The maximum absolute atomic E-state index is 13.0. The molecule has 3 aliphatic rings. The SMILES string of the molecule is C[C@@H](c1ccc(C#N)cc1)n1cnc(C(=O)N2C[C@@H]3C(C4=NOC(C)(C)C4)[C@@H]3C2)c1. The van der Waals surface area contributed by atoms with Crippen molar-refractivity contribution in [2.45, 2.75) is 38.8 Å². The van der Waals surface area contributed by atoms with E-state index in [1.54, 1.807) is 6.33 Å². The molecule has 0 spiro atoms. The zero-order chi connectivity index (χ0) is 21.0. The molecule has 1 unspecified atom stereocenters. The second-order valence-electron chi connectivity index (χ2n) is 9.29. The minimum atomic E-state index is -0.194. The lowest BCUT2D eigenvalue weighted by Crippen LogP contribution is -2.33. The summed E-state index contributed by atoms with van der Waals surface area (Å²) in [5, 5.41) is 13.3. The van der Waals surface area contributed by atoms with Crippen LogP contribution in [0.4, 0.5) is 0 Å². The van der Waals surface area contributed by atoms with Gasteiger partial charge in [0.2, 0.25) is 0 Å². The first kappa shape index (κ1) is 18.9. The molecular weight excluding hydrogens is 378 g/mol. The molecule has 4 atom stereocenters. The first-order valence-corrected chi connectivity index (χ1v) is 10.4. The average molecular weight is 403 g/mol. The standard InChI is InChI=1S/C23H25N5O2/c1-14(16-6-4-15(9-24)5-7-16)28-12-20(25-13-28)22(29)27-10-17-18(11-27)21(17)19-8-23(2,3)30-26-19/h4-7,12-14,17-18,21H,8,10-11H2,1-3H3/t14-,17-,18+,21?/m0/s1. The van der Waals surface area contributed by atoms with Crippen LogP contribution in [0.2, 0.25) is 0 Å². The molecule has 1 amide bonds. The Hall–Kier alpha value is -3.14. The number of piperidine rings is 1. The van der Waals surface area contributed by atoms with Crippen LogP contribution in [0.15, 0.2) is 41.9 Å². The Kier molecular flexibility index (Phi) is 4.21. The molecule has 7 nitrogen and oxygen atoms in total. The van der Waals surface area contributed by atoms with Crippen LogP contribution in [0, 0.1) is 29.1 Å². The minimum absolute atomic E-state index is 0.00308. The number of hydrogen-bond acceptors (Lipinski definition) is 5. The van der Waals surface area contributed by atoms with Crippen LogP contribution in [-0.4, -0.2) is 44.8 Å². The fourth-order valence-electron chi connectivity index (χ4n) is 4.88. The van der Waals surface area contributed by atoms with Crippen LogP contribution < -0.4 is 0 Å². The summed E-state index contributed by atoms with van der Waals surface area (Å²) in [5.41, 5.74) is 3.16. The Balaban J connectivity index is 1.21. The van der Waals surface area contributed by atoms with E-state index in [0.29, 0.717) is 29.0 Å². The van der Waals surface area contributed by atoms with E-state index < -0.39 is 0 Å². The third-order valence-corrected chi connectivity index (χ3v) is 6.67. The second-order valence-corrected chi connectivity index (χ2v) is 9.29. The third kappa shape index (κ3) is 3.17. The number of carbonyl (C=O) groups is 1. The van der Waals surface area contributed by atoms with Crippen LogP contribution in [0.3, 0.4) is 0 Å². The molecule has 1 aromatic carbocycles. The van der Waals surface area contributed by atoms with Crippen molar-refractivity contribution in [1.29, 1.82) is 5.26 Å². The maximum Gasteiger partial charge on any atom is 0.274 e. The van der Waals surface area contributed by atoms with Gasteiger partial charge in [-0.15, -0.1) is 0 Å². The van der Waals surface area contributed by atoms with E-state index in [0.717, 1.165) is 25.1 Å². The Morgan fingerprint density at radius 3 is 2.57 bits per heavy atom. The largest absolute Gasteiger partial charge is 0.389 e. The molecule has 2 aromatic rings. The number of carbonyl (C=O) groups excluding carboxylic acids is 1. The number of aromatic nitrogens is 2. The van der Waals surface area contributed by atoms with Gasteiger partial charge in [-0.25, -0.2) is 4.98 Å². The Morgan fingerprint density at radius 1 is 1.27 bits per heavy atom. The van der Waals surface area contributed by atoms with Crippen molar-refractivity contribution in [1.82, 2.24) is 14.5 Å². The highest BCUT2D eigenvalue weighted by atomic mass is 16.7. The predicted octanol–water partition coefficient (Wildman–Crippen LogP) is 3.24. The summed E-state index contributed by atoms with van der Waals surface area (Å²) in [7, 11) is 0. The molecule has 7 heteroatoms. The van der Waals surface area contributed by atoms with Crippen molar-refractivity contribution in [2.24, 2.45) is 22.9 Å². The van der Waals surface area contributed by atoms with Crippen molar-refractivity contribution >= 4 is 11.6 Å². The fourth-order valence-corrected chi connectivity index (χ4v) is 4.88. The summed E-state index contributed by atoms with van der Waals surface area (Å²) < 4.78 is 1.95. The summed E-state index contributed by atoms with van der Waals surface area (Å²) >= 11 is 0. The zero-order valence-electron chi connectivity index (χ0n) is 17.4. The van der Waals surface area contributed by atoms with E-state index in [1.165, 1.54) is 5.71 Å². The second kappa shape index (κ2) is 6.69. The number of hydrogen-bond donors (Lipinski definition) is 0. The highest BCUT2D eigenvalue weighted by molar-refractivity contribution is 5.94. The van der Waals surface area contributed by atoms with Gasteiger partial charge < -0.3 is 14.3 Å². The van der Waals surface area contributed by atoms with Crippen LogP contribution in [0.5, 0.6) is 0 Å². The quantitative estimate of drug-likeness (QED) is 0.785. The van der Waals surface area contributed by atoms with Gasteiger partial charge in [-0.1, -0.05) is 17.3 Å². The molecule has 2 fully saturated rings. The molecule has 154 valence electrons. The molecule has 1 saturated heterocycles. The summed E-state index contributed by atoms with van der Waals surface area (Å²) in [6, 6.07) is 9.66. The summed E-state index contributed by atoms with van der Waals surface area (Å²) in [4.78, 5) is 24.8. The number of fused-ring (bicyclic) bond motifs is 1. The van der Waals surface area contributed by atoms with Crippen molar-refractivity contribution in [2.75, 3.05) is 13.1 Å². The zero-order valence-corrected chi connectivity index (χ0v) is 17.4. The van der Waals surface area contributed by atoms with E-state index in [9.17, 15) is 4.79 Å². The Morgan fingerprint density at radius 2 is 1.97 bits per heavy atom. The molecular formula is C23H25N5O2. The molecule has 3 heterocycles. The first-order valence-electron chi connectivity index (χ1n) is 10.4. The smallest absolute Gasteiger partial charge is 0.274 e. The summed E-state index contributed by atoms with van der Waals surface area (Å²) in [6.45, 7) is 7.72. The first-order chi connectivity index (χ1) is 14.4. The van der Waals surface area contributed by atoms with Gasteiger partial charge in [0.15, 0.2) is 0 Å². The highest BCUT2D eigenvalue weighted by Gasteiger charge is 2.60. The van der Waals surface area contributed by atoms with Crippen LogP contribution >= 0.6 is 0 Å². The van der Waals surface area contributed by atoms with Crippen LogP contribution in [0.25, 0.3) is 0 Å². The van der Waals surface area contributed by atoms with Crippen LogP contribution in [0.1, 0.15) is 54.8 Å². The van der Waals surface area contributed by atoms with E-state index >= 15 is 0 Å². The molecule has 1 aromatic heterocycles. The summed E-state index contributed by atoms with van der Waals surface area (Å²) in [5.74, 6) is 1.48. The van der Waals surface area contributed by atoms with Gasteiger partial charge in [0, 0.05) is 31.6 Å². The monoisotopic (exact) mass is 403 g/mol. The number of rotatable bonds is 4. The molecule has 30 heavy (non-hydrogen) atoms. The highest BCUT2D eigenvalue weighted by Crippen LogP contribution is 2.54. The van der Waals surface area contributed by atoms with E-state index in [2.05, 4.69) is 37.0 Å². The normalized spacial score (nSPS) is 27.1. The van der Waals surface area contributed by atoms with Gasteiger partial charge in [-0.05, 0) is 50.3 Å². The minimum Gasteiger partial charge on any atom is -0.389 e. The number of imidazole rings is 1.